The van der Waals surface area contributed by atoms with Crippen LogP contribution in [0.2, 0.25) is 0 Å². The molecular formula is C19H22N4O2. The van der Waals surface area contributed by atoms with E-state index in [-0.39, 0.29) is 18.0 Å². The highest BCUT2D eigenvalue weighted by molar-refractivity contribution is 5.94. The fourth-order valence-corrected chi connectivity index (χ4v) is 3.06. The summed E-state index contributed by atoms with van der Waals surface area (Å²) >= 11 is 0. The number of benzene rings is 1. The highest BCUT2D eigenvalue weighted by atomic mass is 16.2. The van der Waals surface area contributed by atoms with Gasteiger partial charge < -0.3 is 15.5 Å². The molecule has 2 aromatic rings. The topological polar surface area (TPSA) is 74.3 Å². The van der Waals surface area contributed by atoms with Crippen LogP contribution < -0.4 is 10.6 Å². The lowest BCUT2D eigenvalue weighted by Gasteiger charge is -2.24. The van der Waals surface area contributed by atoms with Gasteiger partial charge in [-0.05, 0) is 44.0 Å². The fourth-order valence-electron chi connectivity index (χ4n) is 3.06. The van der Waals surface area contributed by atoms with Crippen LogP contribution >= 0.6 is 0 Å². The number of pyridine rings is 1. The molecule has 0 saturated carbocycles. The number of urea groups is 1. The van der Waals surface area contributed by atoms with Crippen LogP contribution in [0, 0.1) is 0 Å². The Balaban J connectivity index is 1.72. The van der Waals surface area contributed by atoms with Crippen LogP contribution in [0.15, 0.2) is 48.7 Å². The third kappa shape index (κ3) is 3.96. The van der Waals surface area contributed by atoms with Crippen molar-refractivity contribution in [3.8, 4) is 11.3 Å². The number of rotatable bonds is 4. The molecule has 130 valence electrons. The molecule has 0 unspecified atom stereocenters. The Labute approximate surface area is 147 Å². The predicted octanol–water partition coefficient (Wildman–Crippen LogP) is 2.88. The lowest BCUT2D eigenvalue weighted by atomic mass is 10.1. The summed E-state index contributed by atoms with van der Waals surface area (Å²) in [5, 5.41) is 5.70. The normalized spacial score (nSPS) is 16.5. The van der Waals surface area contributed by atoms with Crippen molar-refractivity contribution in [2.24, 2.45) is 0 Å². The van der Waals surface area contributed by atoms with Crippen molar-refractivity contribution in [1.29, 1.82) is 0 Å². The molecule has 3 amide bonds. The number of anilines is 1. The van der Waals surface area contributed by atoms with E-state index in [1.54, 1.807) is 11.1 Å². The fraction of sp³-hybridized carbons (Fsp3) is 0.316. The highest BCUT2D eigenvalue weighted by Crippen LogP contribution is 2.22. The Morgan fingerprint density at radius 1 is 1.24 bits per heavy atom. The van der Waals surface area contributed by atoms with Gasteiger partial charge in [-0.1, -0.05) is 18.2 Å². The van der Waals surface area contributed by atoms with E-state index < -0.39 is 0 Å². The first-order chi connectivity index (χ1) is 12.2. The molecular weight excluding hydrogens is 316 g/mol. The molecule has 6 heteroatoms. The van der Waals surface area contributed by atoms with Crippen molar-refractivity contribution < 1.29 is 9.59 Å². The second-order valence-electron chi connectivity index (χ2n) is 5.97. The quantitative estimate of drug-likeness (QED) is 0.900. The van der Waals surface area contributed by atoms with Gasteiger partial charge in [0, 0.05) is 30.5 Å². The largest absolute Gasteiger partial charge is 0.355 e. The van der Waals surface area contributed by atoms with Gasteiger partial charge in [0.05, 0.1) is 5.69 Å². The summed E-state index contributed by atoms with van der Waals surface area (Å²) in [6.07, 6.45) is 3.28. The summed E-state index contributed by atoms with van der Waals surface area (Å²) in [4.78, 5) is 30.6. The summed E-state index contributed by atoms with van der Waals surface area (Å²) in [5.41, 5.74) is 2.47. The monoisotopic (exact) mass is 338 g/mol. The molecule has 0 radical (unpaired) electrons. The number of likely N-dealkylation sites (N-methyl/N-ethyl adjacent to an activating group) is 1. The SMILES string of the molecule is CCNC(=O)[C@@H]1CCCN1C(=O)Nc1cccc(-c2ccccn2)c1. The standard InChI is InChI=1S/C19H22N4O2/c1-2-20-18(24)17-10-6-12-23(17)19(25)22-15-8-5-7-14(13-15)16-9-3-4-11-21-16/h3-5,7-9,11,13,17H,2,6,10,12H2,1H3,(H,20,24)(H,22,25)/t17-/m0/s1. The van der Waals surface area contributed by atoms with Crippen LogP contribution in [0.25, 0.3) is 11.3 Å². The van der Waals surface area contributed by atoms with E-state index in [9.17, 15) is 9.59 Å². The van der Waals surface area contributed by atoms with E-state index in [0.29, 0.717) is 25.2 Å². The molecule has 25 heavy (non-hydrogen) atoms. The molecule has 1 atom stereocenters. The second-order valence-corrected chi connectivity index (χ2v) is 5.97. The summed E-state index contributed by atoms with van der Waals surface area (Å²) < 4.78 is 0. The first-order valence-corrected chi connectivity index (χ1v) is 8.56. The molecule has 0 bridgehead atoms. The third-order valence-corrected chi connectivity index (χ3v) is 4.24. The molecule has 6 nitrogen and oxygen atoms in total. The molecule has 0 spiro atoms. The minimum Gasteiger partial charge on any atom is -0.355 e. The van der Waals surface area contributed by atoms with Crippen molar-refractivity contribution in [2.45, 2.75) is 25.8 Å². The van der Waals surface area contributed by atoms with Crippen LogP contribution in [0.5, 0.6) is 0 Å². The number of likely N-dealkylation sites (tertiary alicyclic amines) is 1. The molecule has 2 N–H and O–H groups in total. The first-order valence-electron chi connectivity index (χ1n) is 8.56. The minimum atomic E-state index is -0.390. The van der Waals surface area contributed by atoms with Crippen molar-refractivity contribution in [3.63, 3.8) is 0 Å². The highest BCUT2D eigenvalue weighted by Gasteiger charge is 2.33. The maximum absolute atomic E-state index is 12.6. The zero-order valence-corrected chi connectivity index (χ0v) is 14.2. The molecule has 0 aliphatic carbocycles. The van der Waals surface area contributed by atoms with Gasteiger partial charge in [0.25, 0.3) is 0 Å². The lowest BCUT2D eigenvalue weighted by molar-refractivity contribution is -0.124. The average Bonchev–Trinajstić information content (AvgIpc) is 3.13. The summed E-state index contributed by atoms with van der Waals surface area (Å²) in [7, 11) is 0. The van der Waals surface area contributed by atoms with Crippen LogP contribution in [0.3, 0.4) is 0 Å². The Bertz CT molecular complexity index is 748. The number of nitrogens with one attached hydrogen (secondary N) is 2. The minimum absolute atomic E-state index is 0.0858. The summed E-state index contributed by atoms with van der Waals surface area (Å²) in [5.74, 6) is -0.0858. The number of hydrogen-bond acceptors (Lipinski definition) is 3. The van der Waals surface area contributed by atoms with Gasteiger partial charge in [-0.2, -0.15) is 0 Å². The zero-order valence-electron chi connectivity index (χ0n) is 14.2. The van der Waals surface area contributed by atoms with E-state index in [4.69, 9.17) is 0 Å². The Kier molecular flexibility index (Phi) is 5.28. The van der Waals surface area contributed by atoms with Crippen molar-refractivity contribution in [1.82, 2.24) is 15.2 Å². The number of aromatic nitrogens is 1. The van der Waals surface area contributed by atoms with Crippen molar-refractivity contribution in [3.05, 3.63) is 48.7 Å². The Morgan fingerprint density at radius 2 is 2.12 bits per heavy atom. The number of nitrogens with zero attached hydrogens (tertiary/aromatic N) is 2. The molecule has 1 aliphatic rings. The van der Waals surface area contributed by atoms with Crippen LogP contribution in [-0.4, -0.2) is 41.0 Å². The zero-order chi connectivity index (χ0) is 17.6. The average molecular weight is 338 g/mol. The van der Waals surface area contributed by atoms with Crippen LogP contribution in [-0.2, 0) is 4.79 Å². The number of carbonyl (C=O) groups excluding carboxylic acids is 2. The van der Waals surface area contributed by atoms with Gasteiger partial charge in [0.15, 0.2) is 0 Å². The maximum atomic E-state index is 12.6. The van der Waals surface area contributed by atoms with Crippen LogP contribution in [0.1, 0.15) is 19.8 Å². The lowest BCUT2D eigenvalue weighted by Crippen LogP contribution is -2.47. The van der Waals surface area contributed by atoms with Gasteiger partial charge >= 0.3 is 6.03 Å². The smallest absolute Gasteiger partial charge is 0.322 e. The second kappa shape index (κ2) is 7.79. The van der Waals surface area contributed by atoms with E-state index in [1.807, 2.05) is 49.4 Å². The molecule has 1 aromatic heterocycles. The predicted molar refractivity (Wildman–Crippen MR) is 97.1 cm³/mol. The molecule has 1 aromatic carbocycles. The van der Waals surface area contributed by atoms with E-state index in [0.717, 1.165) is 17.7 Å². The van der Waals surface area contributed by atoms with E-state index >= 15 is 0 Å². The van der Waals surface area contributed by atoms with Gasteiger partial charge in [-0.3, -0.25) is 9.78 Å². The van der Waals surface area contributed by atoms with Crippen LogP contribution in [0.4, 0.5) is 10.5 Å². The molecule has 2 heterocycles. The third-order valence-electron chi connectivity index (χ3n) is 4.24. The maximum Gasteiger partial charge on any atom is 0.322 e. The molecule has 1 saturated heterocycles. The van der Waals surface area contributed by atoms with E-state index in [1.165, 1.54) is 0 Å². The molecule has 1 fully saturated rings. The molecule has 1 aliphatic heterocycles. The summed E-state index contributed by atoms with van der Waals surface area (Å²) in [6.45, 7) is 3.03. The number of hydrogen-bond donors (Lipinski definition) is 2. The first kappa shape index (κ1) is 17.0. The number of carbonyl (C=O) groups is 2. The van der Waals surface area contributed by atoms with Gasteiger partial charge in [-0.15, -0.1) is 0 Å². The Hall–Kier alpha value is -2.89. The van der Waals surface area contributed by atoms with Crippen molar-refractivity contribution >= 4 is 17.6 Å². The Morgan fingerprint density at radius 3 is 2.88 bits per heavy atom. The van der Waals surface area contributed by atoms with E-state index in [2.05, 4.69) is 15.6 Å². The summed E-state index contributed by atoms with van der Waals surface area (Å²) in [6, 6.07) is 12.6. The van der Waals surface area contributed by atoms with Gasteiger partial charge in [-0.25, -0.2) is 4.79 Å². The van der Waals surface area contributed by atoms with Gasteiger partial charge in [0.2, 0.25) is 5.91 Å². The number of amides is 3. The van der Waals surface area contributed by atoms with Crippen molar-refractivity contribution in [2.75, 3.05) is 18.4 Å². The van der Waals surface area contributed by atoms with Gasteiger partial charge in [0.1, 0.15) is 6.04 Å². The molecule has 3 rings (SSSR count).